The van der Waals surface area contributed by atoms with Gasteiger partial charge in [-0.3, -0.25) is 0 Å². The van der Waals surface area contributed by atoms with Gasteiger partial charge in [-0.05, 0) is 87.7 Å². The van der Waals surface area contributed by atoms with Crippen molar-refractivity contribution in [3.05, 3.63) is 0 Å². The minimum atomic E-state index is 0.679. The topological polar surface area (TPSA) is 24.1 Å². The van der Waals surface area contributed by atoms with Gasteiger partial charge in [-0.2, -0.15) is 0 Å². The third-order valence-electron chi connectivity index (χ3n) is 5.76. The van der Waals surface area contributed by atoms with E-state index in [2.05, 4.69) is 17.6 Å². The third-order valence-corrected chi connectivity index (χ3v) is 5.76. The van der Waals surface area contributed by atoms with Crippen LogP contribution in [0.2, 0.25) is 0 Å². The van der Waals surface area contributed by atoms with Gasteiger partial charge in [0.15, 0.2) is 0 Å². The molecule has 2 nitrogen and oxygen atoms in total. The Morgan fingerprint density at radius 3 is 2.39 bits per heavy atom. The first kappa shape index (κ1) is 12.9. The first-order valence-electron chi connectivity index (χ1n) is 7.99. The van der Waals surface area contributed by atoms with Crippen molar-refractivity contribution in [3.63, 3.8) is 0 Å². The Morgan fingerprint density at radius 1 is 1.06 bits per heavy atom. The zero-order valence-electron chi connectivity index (χ0n) is 12.2. The minimum absolute atomic E-state index is 0.679. The predicted molar refractivity (Wildman–Crippen MR) is 76.6 cm³/mol. The maximum atomic E-state index is 3.75. The Bertz CT molecular complexity index is 285. The van der Waals surface area contributed by atoms with Gasteiger partial charge >= 0.3 is 0 Å². The second kappa shape index (κ2) is 4.79. The van der Waals surface area contributed by atoms with Crippen LogP contribution in [0, 0.1) is 22.7 Å². The fourth-order valence-electron chi connectivity index (χ4n) is 5.88. The van der Waals surface area contributed by atoms with Crippen LogP contribution >= 0.6 is 0 Å². The molecule has 2 atom stereocenters. The van der Waals surface area contributed by atoms with Crippen LogP contribution in [0.5, 0.6) is 0 Å². The summed E-state index contributed by atoms with van der Waals surface area (Å²) in [6.45, 7) is 6.19. The molecule has 0 aliphatic heterocycles. The fraction of sp³-hybridized carbons (Fsp3) is 1.00. The highest BCUT2D eigenvalue weighted by Crippen LogP contribution is 2.64. The van der Waals surface area contributed by atoms with Gasteiger partial charge in [0.1, 0.15) is 0 Å². The quantitative estimate of drug-likeness (QED) is 0.708. The molecule has 4 aliphatic rings. The second-order valence-corrected chi connectivity index (χ2v) is 7.91. The fourth-order valence-corrected chi connectivity index (χ4v) is 5.88. The predicted octanol–water partition coefficient (Wildman–Crippen LogP) is 2.79. The second-order valence-electron chi connectivity index (χ2n) is 7.91. The Hall–Kier alpha value is -0.0800. The molecule has 4 saturated carbocycles. The van der Waals surface area contributed by atoms with Crippen LogP contribution in [-0.2, 0) is 0 Å². The summed E-state index contributed by atoms with van der Waals surface area (Å²) in [7, 11) is 2.04. The van der Waals surface area contributed by atoms with Crippen LogP contribution in [-0.4, -0.2) is 26.7 Å². The summed E-state index contributed by atoms with van der Waals surface area (Å²) in [5, 5.41) is 6.98. The Morgan fingerprint density at radius 2 is 1.78 bits per heavy atom. The molecule has 104 valence electrons. The molecular formula is C16H30N2. The van der Waals surface area contributed by atoms with Crippen molar-refractivity contribution in [1.82, 2.24) is 10.6 Å². The van der Waals surface area contributed by atoms with E-state index in [9.17, 15) is 0 Å². The van der Waals surface area contributed by atoms with E-state index in [1.807, 2.05) is 7.05 Å². The van der Waals surface area contributed by atoms with Crippen molar-refractivity contribution < 1.29 is 0 Å². The van der Waals surface area contributed by atoms with Gasteiger partial charge in [-0.15, -0.1) is 0 Å². The molecule has 0 aromatic carbocycles. The van der Waals surface area contributed by atoms with E-state index in [1.165, 1.54) is 51.6 Å². The first-order chi connectivity index (χ1) is 8.63. The molecule has 2 N–H and O–H groups in total. The number of nitrogens with one attached hydrogen (secondary N) is 2. The molecule has 18 heavy (non-hydrogen) atoms. The van der Waals surface area contributed by atoms with E-state index >= 15 is 0 Å². The lowest BCUT2D eigenvalue weighted by molar-refractivity contribution is -0.0997. The van der Waals surface area contributed by atoms with Crippen molar-refractivity contribution >= 4 is 0 Å². The summed E-state index contributed by atoms with van der Waals surface area (Å²) >= 11 is 0. The van der Waals surface area contributed by atoms with Crippen molar-refractivity contribution in [2.75, 3.05) is 26.7 Å². The summed E-state index contributed by atoms with van der Waals surface area (Å²) in [5.41, 5.74) is 1.38. The molecule has 0 aromatic rings. The molecule has 0 radical (unpaired) electrons. The summed E-state index contributed by atoms with van der Waals surface area (Å²) in [6, 6.07) is 0. The summed E-state index contributed by atoms with van der Waals surface area (Å²) in [5.74, 6) is 2.13. The van der Waals surface area contributed by atoms with Crippen LogP contribution in [0.25, 0.3) is 0 Å². The monoisotopic (exact) mass is 250 g/mol. The van der Waals surface area contributed by atoms with Gasteiger partial charge in [0.2, 0.25) is 0 Å². The Balaban J connectivity index is 1.55. The molecule has 0 spiro atoms. The van der Waals surface area contributed by atoms with Gasteiger partial charge in [0.25, 0.3) is 0 Å². The molecule has 4 fully saturated rings. The minimum Gasteiger partial charge on any atom is -0.320 e. The lowest BCUT2D eigenvalue weighted by atomic mass is 9.44. The third kappa shape index (κ3) is 2.46. The lowest BCUT2D eigenvalue weighted by Gasteiger charge is -2.61. The molecule has 0 heterocycles. The van der Waals surface area contributed by atoms with E-state index in [4.69, 9.17) is 0 Å². The Labute approximate surface area is 112 Å². The van der Waals surface area contributed by atoms with Crippen LogP contribution < -0.4 is 10.6 Å². The van der Waals surface area contributed by atoms with Crippen LogP contribution in [0.3, 0.4) is 0 Å². The number of hydrogen-bond donors (Lipinski definition) is 2. The van der Waals surface area contributed by atoms with E-state index in [0.29, 0.717) is 10.8 Å². The molecule has 4 bridgehead atoms. The maximum absolute atomic E-state index is 3.75. The van der Waals surface area contributed by atoms with Gasteiger partial charge < -0.3 is 10.6 Å². The van der Waals surface area contributed by atoms with Crippen molar-refractivity contribution in [1.29, 1.82) is 0 Å². The highest BCUT2D eigenvalue weighted by atomic mass is 14.9. The molecular weight excluding hydrogens is 220 g/mol. The van der Waals surface area contributed by atoms with Gasteiger partial charge in [0, 0.05) is 6.54 Å². The zero-order chi connectivity index (χ0) is 12.6. The zero-order valence-corrected chi connectivity index (χ0v) is 12.2. The Kier molecular flexibility index (Phi) is 3.44. The van der Waals surface area contributed by atoms with E-state index in [1.54, 1.807) is 6.42 Å². The normalized spacial score (nSPS) is 45.7. The number of hydrogen-bond acceptors (Lipinski definition) is 2. The molecule has 2 heteroatoms. The highest BCUT2D eigenvalue weighted by Gasteiger charge is 2.55. The van der Waals surface area contributed by atoms with Crippen LogP contribution in [0.15, 0.2) is 0 Å². The number of rotatable bonds is 6. The standard InChI is InChI=1S/C16H30N2/c1-15-7-13-6-14(8-15)10-16(9-13,11-15)12-18-5-3-4-17-2/h13-14,17-18H,3-12H2,1-2H3. The van der Waals surface area contributed by atoms with Crippen molar-refractivity contribution in [2.45, 2.75) is 51.9 Å². The van der Waals surface area contributed by atoms with Gasteiger partial charge in [-0.25, -0.2) is 0 Å². The lowest BCUT2D eigenvalue weighted by Crippen LogP contribution is -2.54. The molecule has 0 aromatic heterocycles. The SMILES string of the molecule is CNCCCNCC12CC3CC(CC(C)(C3)C1)C2. The highest BCUT2D eigenvalue weighted by molar-refractivity contribution is 5.06. The van der Waals surface area contributed by atoms with Gasteiger partial charge in [0.05, 0.1) is 0 Å². The molecule has 4 rings (SSSR count). The average molecular weight is 250 g/mol. The molecule has 4 aliphatic carbocycles. The van der Waals surface area contributed by atoms with E-state index in [0.717, 1.165) is 18.4 Å². The summed E-state index contributed by atoms with van der Waals surface area (Å²) in [6.07, 6.45) is 10.4. The van der Waals surface area contributed by atoms with Crippen LogP contribution in [0.4, 0.5) is 0 Å². The van der Waals surface area contributed by atoms with Crippen molar-refractivity contribution in [3.8, 4) is 0 Å². The first-order valence-corrected chi connectivity index (χ1v) is 7.99. The average Bonchev–Trinajstić information content (AvgIpc) is 2.25. The maximum Gasteiger partial charge on any atom is 0.000822 e. The van der Waals surface area contributed by atoms with Crippen molar-refractivity contribution in [2.24, 2.45) is 22.7 Å². The van der Waals surface area contributed by atoms with Gasteiger partial charge in [-0.1, -0.05) is 6.92 Å². The largest absolute Gasteiger partial charge is 0.320 e. The molecule has 0 amide bonds. The van der Waals surface area contributed by atoms with E-state index < -0.39 is 0 Å². The molecule has 2 unspecified atom stereocenters. The van der Waals surface area contributed by atoms with E-state index in [-0.39, 0.29) is 0 Å². The summed E-state index contributed by atoms with van der Waals surface area (Å²) < 4.78 is 0. The smallest absolute Gasteiger partial charge is 0.000822 e. The van der Waals surface area contributed by atoms with Crippen LogP contribution in [0.1, 0.15) is 51.9 Å². The molecule has 0 saturated heterocycles. The summed E-state index contributed by atoms with van der Waals surface area (Å²) in [4.78, 5) is 0.